The first-order valence-electron chi connectivity index (χ1n) is 6.64. The molecule has 116 valence electrons. The number of carbonyl (C=O) groups excluding carboxylic acids is 1. The Morgan fingerprint density at radius 1 is 1.26 bits per heavy atom. The van der Waals surface area contributed by atoms with E-state index in [9.17, 15) is 9.90 Å². The molecule has 3 aromatic rings. The Morgan fingerprint density at radius 3 is 2.74 bits per heavy atom. The number of anilines is 1. The SMILES string of the molecule is O=C(Nc1cc(Br)cc(Cl)c1O)c1cnn(-c2ccccc2)c1. The van der Waals surface area contributed by atoms with Crippen molar-refractivity contribution in [2.45, 2.75) is 0 Å². The normalized spacial score (nSPS) is 10.5. The van der Waals surface area contributed by atoms with Crippen LogP contribution in [0.2, 0.25) is 5.02 Å². The molecule has 1 aromatic heterocycles. The molecule has 0 saturated heterocycles. The number of aromatic nitrogens is 2. The maximum Gasteiger partial charge on any atom is 0.258 e. The molecule has 2 N–H and O–H groups in total. The van der Waals surface area contributed by atoms with E-state index < -0.39 is 5.91 Å². The van der Waals surface area contributed by atoms with Crippen LogP contribution in [0.15, 0.2) is 59.3 Å². The fourth-order valence-corrected chi connectivity index (χ4v) is 2.83. The molecule has 7 heteroatoms. The number of halogens is 2. The minimum absolute atomic E-state index is 0.148. The zero-order chi connectivity index (χ0) is 16.4. The van der Waals surface area contributed by atoms with Gasteiger partial charge in [0.2, 0.25) is 0 Å². The van der Waals surface area contributed by atoms with E-state index in [1.807, 2.05) is 30.3 Å². The summed E-state index contributed by atoms with van der Waals surface area (Å²) < 4.78 is 2.25. The Morgan fingerprint density at radius 2 is 2.00 bits per heavy atom. The van der Waals surface area contributed by atoms with Gasteiger partial charge in [0.1, 0.15) is 0 Å². The van der Waals surface area contributed by atoms with Gasteiger partial charge in [0.25, 0.3) is 5.91 Å². The van der Waals surface area contributed by atoms with Crippen LogP contribution in [0.4, 0.5) is 5.69 Å². The first-order valence-corrected chi connectivity index (χ1v) is 7.81. The third kappa shape index (κ3) is 3.38. The van der Waals surface area contributed by atoms with Crippen molar-refractivity contribution in [2.75, 3.05) is 5.32 Å². The van der Waals surface area contributed by atoms with Crippen molar-refractivity contribution in [3.05, 3.63) is 69.9 Å². The second-order valence-electron chi connectivity index (χ2n) is 4.75. The molecule has 0 atom stereocenters. The maximum atomic E-state index is 12.3. The summed E-state index contributed by atoms with van der Waals surface area (Å²) in [5, 5.41) is 16.8. The molecule has 5 nitrogen and oxygen atoms in total. The van der Waals surface area contributed by atoms with Crippen LogP contribution in [0.3, 0.4) is 0 Å². The second-order valence-corrected chi connectivity index (χ2v) is 6.07. The van der Waals surface area contributed by atoms with Crippen LogP contribution < -0.4 is 5.32 Å². The van der Waals surface area contributed by atoms with E-state index in [2.05, 4.69) is 26.3 Å². The number of hydrogen-bond donors (Lipinski definition) is 2. The summed E-state index contributed by atoms with van der Waals surface area (Å²) in [5.41, 5.74) is 1.44. The molecule has 0 spiro atoms. The van der Waals surface area contributed by atoms with E-state index in [0.29, 0.717) is 10.0 Å². The van der Waals surface area contributed by atoms with Crippen LogP contribution in [-0.2, 0) is 0 Å². The van der Waals surface area contributed by atoms with Crippen LogP contribution in [0.25, 0.3) is 5.69 Å². The lowest BCUT2D eigenvalue weighted by Crippen LogP contribution is -2.11. The molecule has 2 aromatic carbocycles. The number of phenols is 1. The smallest absolute Gasteiger partial charge is 0.258 e. The molecule has 0 aliphatic rings. The highest BCUT2D eigenvalue weighted by Gasteiger charge is 2.14. The number of benzene rings is 2. The van der Waals surface area contributed by atoms with Gasteiger partial charge in [-0.1, -0.05) is 45.7 Å². The van der Waals surface area contributed by atoms with Crippen LogP contribution in [0.5, 0.6) is 5.75 Å². The lowest BCUT2D eigenvalue weighted by Gasteiger charge is -2.08. The lowest BCUT2D eigenvalue weighted by atomic mass is 10.2. The molecule has 0 fully saturated rings. The van der Waals surface area contributed by atoms with Gasteiger partial charge in [-0.05, 0) is 24.3 Å². The highest BCUT2D eigenvalue weighted by atomic mass is 79.9. The van der Waals surface area contributed by atoms with E-state index >= 15 is 0 Å². The Kier molecular flexibility index (Phi) is 4.36. The summed E-state index contributed by atoms with van der Waals surface area (Å²) in [6, 6.07) is 12.6. The van der Waals surface area contributed by atoms with Gasteiger partial charge in [-0.2, -0.15) is 5.10 Å². The monoisotopic (exact) mass is 391 g/mol. The van der Waals surface area contributed by atoms with Gasteiger partial charge in [0.05, 0.1) is 28.2 Å². The number of hydrogen-bond acceptors (Lipinski definition) is 3. The fourth-order valence-electron chi connectivity index (χ4n) is 2.02. The summed E-state index contributed by atoms with van der Waals surface area (Å²) in [4.78, 5) is 12.3. The molecular formula is C16H11BrClN3O2. The molecule has 3 rings (SSSR count). The number of amides is 1. The van der Waals surface area contributed by atoms with Gasteiger partial charge in [0, 0.05) is 10.7 Å². The maximum absolute atomic E-state index is 12.3. The molecular weight excluding hydrogens is 382 g/mol. The summed E-state index contributed by atoms with van der Waals surface area (Å²) >= 11 is 9.15. The Bertz CT molecular complexity index is 865. The van der Waals surface area contributed by atoms with Crippen molar-refractivity contribution in [1.29, 1.82) is 0 Å². The van der Waals surface area contributed by atoms with E-state index in [4.69, 9.17) is 11.6 Å². The highest BCUT2D eigenvalue weighted by molar-refractivity contribution is 9.10. The molecule has 0 bridgehead atoms. The number of aromatic hydroxyl groups is 1. The molecule has 1 amide bonds. The minimum Gasteiger partial charge on any atom is -0.504 e. The van der Waals surface area contributed by atoms with Crippen LogP contribution in [-0.4, -0.2) is 20.8 Å². The first-order chi connectivity index (χ1) is 11.0. The Hall–Kier alpha value is -2.31. The van der Waals surface area contributed by atoms with Crippen molar-refractivity contribution >= 4 is 39.1 Å². The van der Waals surface area contributed by atoms with Crippen molar-refractivity contribution in [2.24, 2.45) is 0 Å². The number of phenolic OH excluding ortho intramolecular Hbond substituents is 1. The highest BCUT2D eigenvalue weighted by Crippen LogP contribution is 2.35. The van der Waals surface area contributed by atoms with Crippen LogP contribution in [0, 0.1) is 0 Å². The van der Waals surface area contributed by atoms with Crippen molar-refractivity contribution in [3.8, 4) is 11.4 Å². The predicted molar refractivity (Wildman–Crippen MR) is 92.3 cm³/mol. The molecule has 0 saturated carbocycles. The topological polar surface area (TPSA) is 67.2 Å². The van der Waals surface area contributed by atoms with Gasteiger partial charge in [-0.15, -0.1) is 0 Å². The number of para-hydroxylation sites is 1. The number of rotatable bonds is 3. The van der Waals surface area contributed by atoms with Crippen molar-refractivity contribution in [1.82, 2.24) is 9.78 Å². The largest absolute Gasteiger partial charge is 0.504 e. The summed E-state index contributed by atoms with van der Waals surface area (Å²) in [5.74, 6) is -0.574. The minimum atomic E-state index is -0.392. The predicted octanol–water partition coefficient (Wildman–Crippen LogP) is 4.25. The van der Waals surface area contributed by atoms with E-state index in [1.54, 1.807) is 23.0 Å². The quantitative estimate of drug-likeness (QED) is 0.655. The lowest BCUT2D eigenvalue weighted by molar-refractivity contribution is 0.102. The number of carbonyl (C=O) groups is 1. The molecule has 0 aliphatic carbocycles. The van der Waals surface area contributed by atoms with E-state index in [-0.39, 0.29) is 16.5 Å². The summed E-state index contributed by atoms with van der Waals surface area (Å²) in [7, 11) is 0. The fraction of sp³-hybridized carbons (Fsp3) is 0. The van der Waals surface area contributed by atoms with Gasteiger partial charge >= 0.3 is 0 Å². The average Bonchev–Trinajstić information content (AvgIpc) is 3.03. The number of nitrogens with one attached hydrogen (secondary N) is 1. The van der Waals surface area contributed by atoms with Crippen molar-refractivity contribution in [3.63, 3.8) is 0 Å². The zero-order valence-electron chi connectivity index (χ0n) is 11.7. The van der Waals surface area contributed by atoms with E-state index in [0.717, 1.165) is 5.69 Å². The summed E-state index contributed by atoms with van der Waals surface area (Å²) in [6.45, 7) is 0. The zero-order valence-corrected chi connectivity index (χ0v) is 14.0. The Labute approximate surface area is 145 Å². The Balaban J connectivity index is 1.84. The molecule has 23 heavy (non-hydrogen) atoms. The molecule has 0 radical (unpaired) electrons. The number of nitrogens with zero attached hydrogens (tertiary/aromatic N) is 2. The van der Waals surface area contributed by atoms with Crippen LogP contribution in [0.1, 0.15) is 10.4 Å². The van der Waals surface area contributed by atoms with Crippen molar-refractivity contribution < 1.29 is 9.90 Å². The average molecular weight is 393 g/mol. The standard InChI is InChI=1S/C16H11BrClN3O2/c17-11-6-13(18)15(22)14(7-11)20-16(23)10-8-19-21(9-10)12-4-2-1-3-5-12/h1-9,22H,(H,20,23). The van der Waals surface area contributed by atoms with Gasteiger partial charge < -0.3 is 10.4 Å². The summed E-state index contributed by atoms with van der Waals surface area (Å²) in [6.07, 6.45) is 3.07. The van der Waals surface area contributed by atoms with Gasteiger partial charge in [-0.25, -0.2) is 4.68 Å². The third-order valence-corrected chi connectivity index (χ3v) is 3.89. The van der Waals surface area contributed by atoms with Gasteiger partial charge in [0.15, 0.2) is 5.75 Å². The van der Waals surface area contributed by atoms with Crippen LogP contribution >= 0.6 is 27.5 Å². The third-order valence-electron chi connectivity index (χ3n) is 3.14. The van der Waals surface area contributed by atoms with E-state index in [1.165, 1.54) is 6.20 Å². The molecule has 0 aliphatic heterocycles. The van der Waals surface area contributed by atoms with Gasteiger partial charge in [-0.3, -0.25) is 4.79 Å². The second kappa shape index (κ2) is 6.44. The molecule has 1 heterocycles. The molecule has 0 unspecified atom stereocenters. The first kappa shape index (κ1) is 15.6.